The first-order valence-corrected chi connectivity index (χ1v) is 11.0. The van der Waals surface area contributed by atoms with Crippen LogP contribution in [0.25, 0.3) is 11.4 Å². The highest BCUT2D eigenvalue weighted by molar-refractivity contribution is 5.78. The smallest absolute Gasteiger partial charge is 0.254 e. The maximum Gasteiger partial charge on any atom is 0.254 e. The molecule has 2 N–H and O–H groups in total. The molecule has 0 fully saturated rings. The van der Waals surface area contributed by atoms with E-state index in [2.05, 4.69) is 22.3 Å². The first kappa shape index (κ1) is 21.0. The summed E-state index contributed by atoms with van der Waals surface area (Å²) in [7, 11) is 0. The molecule has 1 aliphatic carbocycles. The number of carbonyl (C=O) groups is 1. The van der Waals surface area contributed by atoms with Gasteiger partial charge in [-0.3, -0.25) is 14.3 Å². The summed E-state index contributed by atoms with van der Waals surface area (Å²) in [4.78, 5) is 33.2. The van der Waals surface area contributed by atoms with Gasteiger partial charge in [-0.1, -0.05) is 30.3 Å². The molecule has 0 saturated heterocycles. The predicted octanol–water partition coefficient (Wildman–Crippen LogP) is 3.08. The first-order valence-electron chi connectivity index (χ1n) is 11.0. The van der Waals surface area contributed by atoms with E-state index in [0.717, 1.165) is 34.8 Å². The molecule has 1 aromatic carbocycles. The van der Waals surface area contributed by atoms with Gasteiger partial charge in [-0.2, -0.15) is 5.10 Å². The molecule has 3 aromatic rings. The second-order valence-electron chi connectivity index (χ2n) is 8.16. The van der Waals surface area contributed by atoms with E-state index < -0.39 is 0 Å². The molecule has 1 aliphatic rings. The largest absolute Gasteiger partial charge is 0.352 e. The number of nitrogens with one attached hydrogen (secondary N) is 2. The summed E-state index contributed by atoms with van der Waals surface area (Å²) in [6.07, 6.45) is 2.54. The van der Waals surface area contributed by atoms with E-state index >= 15 is 0 Å². The minimum atomic E-state index is -0.129. The van der Waals surface area contributed by atoms with Gasteiger partial charge in [-0.25, -0.2) is 4.98 Å². The highest BCUT2D eigenvalue weighted by Gasteiger charge is 2.25. The fraction of sp³-hybridized carbons (Fsp3) is 0.417. The molecule has 4 rings (SSSR count). The molecule has 0 spiro atoms. The molecule has 0 bridgehead atoms. The molecule has 0 radical (unpaired) electrons. The molecule has 2 aromatic heterocycles. The van der Waals surface area contributed by atoms with Gasteiger partial charge in [0.1, 0.15) is 5.82 Å². The summed E-state index contributed by atoms with van der Waals surface area (Å²) in [6, 6.07) is 9.65. The Kier molecular flexibility index (Phi) is 6.02. The van der Waals surface area contributed by atoms with Crippen LogP contribution in [0, 0.1) is 19.8 Å². The van der Waals surface area contributed by atoms with Crippen molar-refractivity contribution in [2.45, 2.75) is 59.5 Å². The van der Waals surface area contributed by atoms with Crippen LogP contribution >= 0.6 is 0 Å². The summed E-state index contributed by atoms with van der Waals surface area (Å²) in [5.74, 6) is 0.498. The highest BCUT2D eigenvalue weighted by atomic mass is 16.2. The summed E-state index contributed by atoms with van der Waals surface area (Å²) >= 11 is 0. The van der Waals surface area contributed by atoms with Crippen LogP contribution in [0.1, 0.15) is 48.0 Å². The second-order valence-corrected chi connectivity index (χ2v) is 8.16. The van der Waals surface area contributed by atoms with Gasteiger partial charge in [0.05, 0.1) is 11.4 Å². The van der Waals surface area contributed by atoms with Gasteiger partial charge < -0.3 is 10.3 Å². The number of aromatic amines is 1. The van der Waals surface area contributed by atoms with Crippen molar-refractivity contribution in [2.24, 2.45) is 5.92 Å². The zero-order valence-electron chi connectivity index (χ0n) is 18.4. The van der Waals surface area contributed by atoms with Gasteiger partial charge >= 0.3 is 0 Å². The van der Waals surface area contributed by atoms with Gasteiger partial charge in [-0.05, 0) is 46.5 Å². The van der Waals surface area contributed by atoms with E-state index in [1.165, 1.54) is 0 Å². The maximum atomic E-state index is 12.9. The molecule has 2 heterocycles. The van der Waals surface area contributed by atoms with Crippen molar-refractivity contribution in [2.75, 3.05) is 0 Å². The number of aryl methyl sites for hydroxylation is 3. The molecule has 7 nitrogen and oxygen atoms in total. The van der Waals surface area contributed by atoms with E-state index in [0.29, 0.717) is 43.6 Å². The SMILES string of the molecule is CCn1nc(C)c(CNC(=O)C2CCc3nc(-c4ccccc4)[nH]c(=O)c3CC2)c1C. The highest BCUT2D eigenvalue weighted by Crippen LogP contribution is 2.24. The fourth-order valence-electron chi connectivity index (χ4n) is 4.40. The number of benzene rings is 1. The zero-order chi connectivity index (χ0) is 22.0. The number of fused-ring (bicyclic) bond motifs is 1. The lowest BCUT2D eigenvalue weighted by Gasteiger charge is -2.14. The van der Waals surface area contributed by atoms with Gasteiger partial charge in [0.15, 0.2) is 0 Å². The molecular formula is C24H29N5O2. The van der Waals surface area contributed by atoms with Crippen LogP contribution in [-0.4, -0.2) is 25.7 Å². The zero-order valence-corrected chi connectivity index (χ0v) is 18.4. The lowest BCUT2D eigenvalue weighted by Crippen LogP contribution is -2.31. The van der Waals surface area contributed by atoms with Crippen molar-refractivity contribution < 1.29 is 4.79 Å². The van der Waals surface area contributed by atoms with E-state index in [-0.39, 0.29) is 17.4 Å². The Morgan fingerprint density at radius 3 is 2.65 bits per heavy atom. The number of hydrogen-bond donors (Lipinski definition) is 2. The summed E-state index contributed by atoms with van der Waals surface area (Å²) < 4.78 is 1.96. The van der Waals surface area contributed by atoms with Crippen LogP contribution in [-0.2, 0) is 30.7 Å². The van der Waals surface area contributed by atoms with Crippen LogP contribution in [0.5, 0.6) is 0 Å². The van der Waals surface area contributed by atoms with Crippen molar-refractivity contribution in [3.8, 4) is 11.4 Å². The quantitative estimate of drug-likeness (QED) is 0.622. The Hall–Kier alpha value is -3.22. The Balaban J connectivity index is 1.46. The van der Waals surface area contributed by atoms with Crippen molar-refractivity contribution in [1.82, 2.24) is 25.1 Å². The Labute approximate surface area is 181 Å². The van der Waals surface area contributed by atoms with Crippen LogP contribution < -0.4 is 10.9 Å². The topological polar surface area (TPSA) is 92.7 Å². The minimum Gasteiger partial charge on any atom is -0.352 e. The molecule has 1 atom stereocenters. The Morgan fingerprint density at radius 2 is 1.94 bits per heavy atom. The number of hydrogen-bond acceptors (Lipinski definition) is 4. The van der Waals surface area contributed by atoms with E-state index in [4.69, 9.17) is 4.98 Å². The first-order chi connectivity index (χ1) is 15.0. The van der Waals surface area contributed by atoms with Gasteiger partial charge in [0.2, 0.25) is 5.91 Å². The van der Waals surface area contributed by atoms with Gasteiger partial charge in [-0.15, -0.1) is 0 Å². The number of aromatic nitrogens is 4. The third kappa shape index (κ3) is 4.31. The van der Waals surface area contributed by atoms with Crippen LogP contribution in [0.4, 0.5) is 0 Å². The van der Waals surface area contributed by atoms with Crippen LogP contribution in [0.3, 0.4) is 0 Å². The second kappa shape index (κ2) is 8.88. The number of rotatable bonds is 5. The third-order valence-corrected chi connectivity index (χ3v) is 6.26. The van der Waals surface area contributed by atoms with Crippen molar-refractivity contribution in [1.29, 1.82) is 0 Å². The number of nitrogens with zero attached hydrogens (tertiary/aromatic N) is 3. The molecule has 31 heavy (non-hydrogen) atoms. The Bertz CT molecular complexity index is 1150. The molecule has 0 saturated carbocycles. The molecular weight excluding hydrogens is 390 g/mol. The molecule has 7 heteroatoms. The third-order valence-electron chi connectivity index (χ3n) is 6.26. The minimum absolute atomic E-state index is 0.0376. The van der Waals surface area contributed by atoms with E-state index in [1.54, 1.807) is 0 Å². The summed E-state index contributed by atoms with van der Waals surface area (Å²) in [6.45, 7) is 7.37. The summed E-state index contributed by atoms with van der Waals surface area (Å²) in [5, 5.41) is 7.62. The fourth-order valence-corrected chi connectivity index (χ4v) is 4.40. The Morgan fingerprint density at radius 1 is 1.19 bits per heavy atom. The molecule has 162 valence electrons. The lowest BCUT2D eigenvalue weighted by molar-refractivity contribution is -0.125. The number of amides is 1. The molecule has 0 aliphatic heterocycles. The molecule has 1 unspecified atom stereocenters. The summed E-state index contributed by atoms with van der Waals surface area (Å²) in [5.41, 5.74) is 5.45. The van der Waals surface area contributed by atoms with Crippen molar-refractivity contribution in [3.63, 3.8) is 0 Å². The van der Waals surface area contributed by atoms with E-state index in [9.17, 15) is 9.59 Å². The average Bonchev–Trinajstić information content (AvgIpc) is 2.93. The normalized spacial score (nSPS) is 15.9. The van der Waals surface area contributed by atoms with Gasteiger partial charge in [0, 0.05) is 41.4 Å². The monoisotopic (exact) mass is 419 g/mol. The predicted molar refractivity (Wildman–Crippen MR) is 120 cm³/mol. The van der Waals surface area contributed by atoms with E-state index in [1.807, 2.05) is 48.9 Å². The van der Waals surface area contributed by atoms with Crippen LogP contribution in [0.2, 0.25) is 0 Å². The standard InChI is InChI=1S/C24H29N5O2/c1-4-29-16(3)20(15(2)28-29)14-25-23(30)18-10-12-19-21(13-11-18)26-22(27-24(19)31)17-8-6-5-7-9-17/h5-9,18H,4,10-14H2,1-3H3,(H,25,30)(H,26,27,31). The maximum absolute atomic E-state index is 12.9. The van der Waals surface area contributed by atoms with Crippen molar-refractivity contribution in [3.05, 3.63) is 68.9 Å². The average molecular weight is 420 g/mol. The molecule has 1 amide bonds. The van der Waals surface area contributed by atoms with Gasteiger partial charge in [0.25, 0.3) is 5.56 Å². The lowest BCUT2D eigenvalue weighted by atomic mass is 9.98. The number of H-pyrrole nitrogens is 1. The number of carbonyl (C=O) groups excluding carboxylic acids is 1. The van der Waals surface area contributed by atoms with Crippen LogP contribution in [0.15, 0.2) is 35.1 Å². The van der Waals surface area contributed by atoms with Crippen molar-refractivity contribution >= 4 is 5.91 Å².